The van der Waals surface area contributed by atoms with Gasteiger partial charge in [0, 0.05) is 12.2 Å². The first-order valence-electron chi connectivity index (χ1n) is 8.41. The Morgan fingerprint density at radius 3 is 2.52 bits per heavy atom. The van der Waals surface area contributed by atoms with E-state index >= 15 is 0 Å². The predicted molar refractivity (Wildman–Crippen MR) is 97.0 cm³/mol. The van der Waals surface area contributed by atoms with Gasteiger partial charge in [0.1, 0.15) is 0 Å². The zero-order chi connectivity index (χ0) is 20.5. The number of H-pyrrole nitrogens is 1. The summed E-state index contributed by atoms with van der Waals surface area (Å²) in [6.45, 7) is 6.09. The number of carbonyl (C=O) groups excluding carboxylic acids is 1. The molecular formula is C17H22N4O6. The summed E-state index contributed by atoms with van der Waals surface area (Å²) in [6.07, 6.45) is 0. The van der Waals surface area contributed by atoms with Crippen molar-refractivity contribution in [3.63, 3.8) is 0 Å². The number of aryl methyl sites for hydroxylation is 1. The molecule has 0 aliphatic rings. The standard InChI is InChI=1S/C17H22N4O6/c1-5-21-12-11(14(23)20-16(21)26)9(6-10(19-12)8(2)3)13(22)18-7-17(4,27)15(24)25/h6,8,27H,5,7H2,1-4H3,(H,18,22)(H,24,25)(H,20,23,26). The first-order valence-corrected chi connectivity index (χ1v) is 8.41. The molecule has 0 aromatic carbocycles. The Morgan fingerprint density at radius 1 is 1.37 bits per heavy atom. The number of pyridine rings is 1. The molecule has 10 heteroatoms. The number of carbonyl (C=O) groups is 2. The first-order chi connectivity index (χ1) is 12.5. The van der Waals surface area contributed by atoms with Crippen molar-refractivity contribution in [2.45, 2.75) is 45.8 Å². The molecule has 0 aliphatic heterocycles. The molecule has 146 valence electrons. The Hall–Kier alpha value is -3.01. The zero-order valence-electron chi connectivity index (χ0n) is 15.5. The summed E-state index contributed by atoms with van der Waals surface area (Å²) >= 11 is 0. The van der Waals surface area contributed by atoms with Gasteiger partial charge in [-0.2, -0.15) is 0 Å². The minimum absolute atomic E-state index is 0.0478. The van der Waals surface area contributed by atoms with E-state index in [1.54, 1.807) is 6.92 Å². The van der Waals surface area contributed by atoms with Crippen LogP contribution in [-0.2, 0) is 11.3 Å². The van der Waals surface area contributed by atoms with Gasteiger partial charge in [-0.05, 0) is 25.8 Å². The van der Waals surface area contributed by atoms with Gasteiger partial charge in [0.2, 0.25) is 0 Å². The van der Waals surface area contributed by atoms with Crippen LogP contribution in [0.3, 0.4) is 0 Å². The second kappa shape index (κ2) is 7.31. The molecule has 27 heavy (non-hydrogen) atoms. The maximum Gasteiger partial charge on any atom is 0.337 e. The third-order valence-corrected chi connectivity index (χ3v) is 4.17. The average Bonchev–Trinajstić information content (AvgIpc) is 2.58. The van der Waals surface area contributed by atoms with Crippen LogP contribution in [0.5, 0.6) is 0 Å². The number of hydrogen-bond acceptors (Lipinski definition) is 6. The van der Waals surface area contributed by atoms with Crippen molar-refractivity contribution in [3.8, 4) is 0 Å². The Bertz CT molecular complexity index is 1020. The second-order valence-electron chi connectivity index (χ2n) is 6.71. The van der Waals surface area contributed by atoms with Crippen LogP contribution >= 0.6 is 0 Å². The van der Waals surface area contributed by atoms with Crippen LogP contribution < -0.4 is 16.6 Å². The fourth-order valence-corrected chi connectivity index (χ4v) is 2.48. The fourth-order valence-electron chi connectivity index (χ4n) is 2.48. The molecule has 2 aromatic rings. The zero-order valence-corrected chi connectivity index (χ0v) is 15.5. The molecule has 1 amide bonds. The number of nitrogens with one attached hydrogen (secondary N) is 2. The minimum atomic E-state index is -2.17. The molecule has 0 aliphatic carbocycles. The van der Waals surface area contributed by atoms with Crippen molar-refractivity contribution >= 4 is 22.9 Å². The molecular weight excluding hydrogens is 356 g/mol. The van der Waals surface area contributed by atoms with E-state index < -0.39 is 35.3 Å². The molecule has 0 saturated heterocycles. The third kappa shape index (κ3) is 3.90. The van der Waals surface area contributed by atoms with E-state index in [9.17, 15) is 24.3 Å². The van der Waals surface area contributed by atoms with E-state index in [-0.39, 0.29) is 29.1 Å². The normalized spacial score (nSPS) is 13.6. The van der Waals surface area contributed by atoms with Crippen molar-refractivity contribution < 1.29 is 19.8 Å². The summed E-state index contributed by atoms with van der Waals surface area (Å²) in [4.78, 5) is 54.6. The average molecular weight is 378 g/mol. The van der Waals surface area contributed by atoms with Gasteiger partial charge in [-0.15, -0.1) is 0 Å². The van der Waals surface area contributed by atoms with Crippen molar-refractivity contribution in [1.82, 2.24) is 19.9 Å². The van der Waals surface area contributed by atoms with Gasteiger partial charge in [-0.3, -0.25) is 19.1 Å². The smallest absolute Gasteiger partial charge is 0.337 e. The van der Waals surface area contributed by atoms with Crippen LogP contribution in [0.2, 0.25) is 0 Å². The minimum Gasteiger partial charge on any atom is -0.479 e. The molecule has 0 saturated carbocycles. The van der Waals surface area contributed by atoms with Gasteiger partial charge >= 0.3 is 11.7 Å². The monoisotopic (exact) mass is 378 g/mol. The number of hydrogen-bond donors (Lipinski definition) is 4. The van der Waals surface area contributed by atoms with Crippen LogP contribution in [0, 0.1) is 0 Å². The highest BCUT2D eigenvalue weighted by molar-refractivity contribution is 6.05. The number of nitrogens with zero attached hydrogens (tertiary/aromatic N) is 2. The second-order valence-corrected chi connectivity index (χ2v) is 6.71. The molecule has 4 N–H and O–H groups in total. The lowest BCUT2D eigenvalue weighted by atomic mass is 10.0. The number of rotatable bonds is 6. The molecule has 0 radical (unpaired) electrons. The van der Waals surface area contributed by atoms with Gasteiger partial charge in [0.15, 0.2) is 11.2 Å². The SMILES string of the molecule is CCn1c(=O)[nH]c(=O)c2c(C(=O)NCC(C)(O)C(=O)O)cc(C(C)C)nc21. The molecule has 2 aromatic heterocycles. The van der Waals surface area contributed by atoms with E-state index in [0.29, 0.717) is 5.69 Å². The first kappa shape index (κ1) is 20.3. The van der Waals surface area contributed by atoms with E-state index in [2.05, 4.69) is 15.3 Å². The molecule has 1 unspecified atom stereocenters. The number of aromatic nitrogens is 3. The summed E-state index contributed by atoms with van der Waals surface area (Å²) in [7, 11) is 0. The highest BCUT2D eigenvalue weighted by atomic mass is 16.4. The molecule has 0 bridgehead atoms. The topological polar surface area (TPSA) is 154 Å². The van der Waals surface area contributed by atoms with Gasteiger partial charge in [-0.25, -0.2) is 14.6 Å². The summed E-state index contributed by atoms with van der Waals surface area (Å²) in [6, 6.07) is 1.43. The summed E-state index contributed by atoms with van der Waals surface area (Å²) in [5.74, 6) is -2.34. The van der Waals surface area contributed by atoms with Crippen LogP contribution in [0.15, 0.2) is 15.7 Å². The van der Waals surface area contributed by atoms with Crippen molar-refractivity contribution in [2.75, 3.05) is 6.54 Å². The van der Waals surface area contributed by atoms with Crippen molar-refractivity contribution in [1.29, 1.82) is 0 Å². The number of carboxylic acids is 1. The fraction of sp³-hybridized carbons (Fsp3) is 0.471. The van der Waals surface area contributed by atoms with Crippen LogP contribution in [0.25, 0.3) is 11.0 Å². The van der Waals surface area contributed by atoms with Gasteiger partial charge in [0.25, 0.3) is 11.5 Å². The molecule has 2 heterocycles. The Kier molecular flexibility index (Phi) is 5.50. The predicted octanol–water partition coefficient (Wildman–Crippen LogP) is -0.206. The van der Waals surface area contributed by atoms with Gasteiger partial charge in [-0.1, -0.05) is 13.8 Å². The number of aliphatic hydroxyl groups is 1. The number of aromatic amines is 1. The van der Waals surface area contributed by atoms with Crippen molar-refractivity contribution in [3.05, 3.63) is 38.2 Å². The van der Waals surface area contributed by atoms with Crippen LogP contribution in [0.1, 0.15) is 49.7 Å². The molecule has 10 nitrogen and oxygen atoms in total. The molecule has 2 rings (SSSR count). The van der Waals surface area contributed by atoms with E-state index in [4.69, 9.17) is 5.11 Å². The summed E-state index contributed by atoms with van der Waals surface area (Å²) in [5, 5.41) is 21.0. The van der Waals surface area contributed by atoms with Gasteiger partial charge in [0.05, 0.1) is 17.5 Å². The largest absolute Gasteiger partial charge is 0.479 e. The summed E-state index contributed by atoms with van der Waals surface area (Å²) < 4.78 is 1.24. The lowest BCUT2D eigenvalue weighted by Gasteiger charge is -2.19. The maximum absolute atomic E-state index is 12.7. The van der Waals surface area contributed by atoms with E-state index in [1.165, 1.54) is 10.6 Å². The van der Waals surface area contributed by atoms with Crippen LogP contribution in [0.4, 0.5) is 0 Å². The number of carboxylic acid groups (broad SMARTS) is 1. The van der Waals surface area contributed by atoms with E-state index in [1.807, 2.05) is 13.8 Å². The Morgan fingerprint density at radius 2 is 2.00 bits per heavy atom. The Labute approximate surface area is 153 Å². The molecule has 0 fully saturated rings. The highest BCUT2D eigenvalue weighted by Crippen LogP contribution is 2.19. The number of amides is 1. The number of aliphatic carboxylic acids is 1. The van der Waals surface area contributed by atoms with Crippen LogP contribution in [-0.4, -0.2) is 48.8 Å². The lowest BCUT2D eigenvalue weighted by Crippen LogP contribution is -2.46. The van der Waals surface area contributed by atoms with Crippen molar-refractivity contribution in [2.24, 2.45) is 0 Å². The Balaban J connectivity index is 2.68. The lowest BCUT2D eigenvalue weighted by molar-refractivity contribution is -0.155. The van der Waals surface area contributed by atoms with Gasteiger partial charge < -0.3 is 15.5 Å². The molecule has 1 atom stereocenters. The summed E-state index contributed by atoms with van der Waals surface area (Å²) in [5.41, 5.74) is -3.05. The van der Waals surface area contributed by atoms with E-state index in [0.717, 1.165) is 6.92 Å². The maximum atomic E-state index is 12.7. The molecule has 0 spiro atoms. The highest BCUT2D eigenvalue weighted by Gasteiger charge is 2.31. The third-order valence-electron chi connectivity index (χ3n) is 4.17. The quantitative estimate of drug-likeness (QED) is 0.542. The number of fused-ring (bicyclic) bond motifs is 1.